The fraction of sp³-hybridized carbons (Fsp3) is 0.290. The van der Waals surface area contributed by atoms with Crippen LogP contribution in [0, 0.1) is 0 Å². The molecule has 212 valence electrons. The molecule has 1 aliphatic rings. The predicted molar refractivity (Wildman–Crippen MR) is 156 cm³/mol. The van der Waals surface area contributed by atoms with Gasteiger partial charge in [-0.05, 0) is 93.0 Å². The number of aromatic nitrogens is 1. The van der Waals surface area contributed by atoms with Crippen molar-refractivity contribution in [1.29, 1.82) is 0 Å². The zero-order chi connectivity index (χ0) is 28.6. The maximum atomic E-state index is 13.4. The highest BCUT2D eigenvalue weighted by molar-refractivity contribution is 5.95. The number of carbonyl (C=O) groups excluding carboxylic acids is 2. The molecule has 10 heteroatoms. The number of carboxylic acid groups (broad SMARTS) is 1. The molecule has 5 rings (SSSR count). The molecule has 0 saturated carbocycles. The van der Waals surface area contributed by atoms with E-state index in [1.54, 1.807) is 4.90 Å². The molecule has 2 heterocycles. The van der Waals surface area contributed by atoms with Gasteiger partial charge < -0.3 is 30.0 Å². The molecule has 3 N–H and O–H groups in total. The van der Waals surface area contributed by atoms with Crippen molar-refractivity contribution >= 4 is 46.3 Å². The highest BCUT2D eigenvalue weighted by atomic mass is 16.4. The Morgan fingerprint density at radius 2 is 1.71 bits per heavy atom. The van der Waals surface area contributed by atoms with Gasteiger partial charge in [0.2, 0.25) is 11.8 Å². The monoisotopic (exact) mass is 555 g/mol. The largest absolute Gasteiger partial charge is 0.478 e. The number of rotatable bonds is 12. The van der Waals surface area contributed by atoms with E-state index in [2.05, 4.69) is 20.5 Å². The molecule has 3 aromatic carbocycles. The Morgan fingerprint density at radius 3 is 2.44 bits per heavy atom. The van der Waals surface area contributed by atoms with Gasteiger partial charge in [-0.2, -0.15) is 4.98 Å². The number of nitrogens with one attached hydrogen (secondary N) is 2. The molecule has 41 heavy (non-hydrogen) atoms. The SMILES string of the molecule is O=C(CN(CCCN1CCCC1)C(=O)Cc1ccc2nc(Nc3ccccc3)oc2c1)Nc1ccc(C(=O)O)cc1. The van der Waals surface area contributed by atoms with E-state index in [-0.39, 0.29) is 30.3 Å². The minimum Gasteiger partial charge on any atom is -0.478 e. The molecule has 0 aliphatic carbocycles. The van der Waals surface area contributed by atoms with E-state index in [1.807, 2.05) is 48.5 Å². The van der Waals surface area contributed by atoms with Crippen LogP contribution in [0.3, 0.4) is 0 Å². The van der Waals surface area contributed by atoms with Crippen LogP contribution in [0.25, 0.3) is 11.1 Å². The Hall–Kier alpha value is -4.70. The molecule has 10 nitrogen and oxygen atoms in total. The number of para-hydroxylation sites is 1. The number of carboxylic acids is 1. The van der Waals surface area contributed by atoms with Gasteiger partial charge in [0, 0.05) is 17.9 Å². The summed E-state index contributed by atoms with van der Waals surface area (Å²) in [6, 6.07) is 21.4. The van der Waals surface area contributed by atoms with Crippen molar-refractivity contribution in [2.75, 3.05) is 43.4 Å². The smallest absolute Gasteiger partial charge is 0.335 e. The number of hydrogen-bond acceptors (Lipinski definition) is 7. The summed E-state index contributed by atoms with van der Waals surface area (Å²) in [6.45, 7) is 3.37. The van der Waals surface area contributed by atoms with Crippen LogP contribution in [0.5, 0.6) is 0 Å². The second kappa shape index (κ2) is 13.1. The summed E-state index contributed by atoms with van der Waals surface area (Å²) in [7, 11) is 0. The zero-order valence-corrected chi connectivity index (χ0v) is 22.7. The summed E-state index contributed by atoms with van der Waals surface area (Å²) < 4.78 is 5.88. The van der Waals surface area contributed by atoms with Crippen molar-refractivity contribution in [3.63, 3.8) is 0 Å². The van der Waals surface area contributed by atoms with Gasteiger partial charge in [0.1, 0.15) is 5.52 Å². The second-order valence-corrected chi connectivity index (χ2v) is 10.1. The second-order valence-electron chi connectivity index (χ2n) is 10.1. The number of oxazole rings is 1. The number of benzene rings is 3. The van der Waals surface area contributed by atoms with Gasteiger partial charge in [-0.3, -0.25) is 9.59 Å². The lowest BCUT2D eigenvalue weighted by Gasteiger charge is -2.24. The van der Waals surface area contributed by atoms with Crippen LogP contribution in [0.4, 0.5) is 17.4 Å². The van der Waals surface area contributed by atoms with Crippen LogP contribution < -0.4 is 10.6 Å². The fourth-order valence-electron chi connectivity index (χ4n) is 4.92. The molecular formula is C31H33N5O5. The third kappa shape index (κ3) is 7.70. The lowest BCUT2D eigenvalue weighted by Crippen LogP contribution is -2.40. The summed E-state index contributed by atoms with van der Waals surface area (Å²) in [5.41, 5.74) is 3.47. The zero-order valence-electron chi connectivity index (χ0n) is 22.7. The number of amides is 2. The number of nitrogens with zero attached hydrogens (tertiary/aromatic N) is 3. The van der Waals surface area contributed by atoms with Crippen molar-refractivity contribution in [2.24, 2.45) is 0 Å². The first-order valence-electron chi connectivity index (χ1n) is 13.8. The van der Waals surface area contributed by atoms with Crippen LogP contribution in [-0.2, 0) is 16.0 Å². The molecule has 0 atom stereocenters. The molecule has 0 radical (unpaired) electrons. The van der Waals surface area contributed by atoms with E-state index < -0.39 is 5.97 Å². The van der Waals surface area contributed by atoms with E-state index in [9.17, 15) is 14.4 Å². The molecular weight excluding hydrogens is 522 g/mol. The van der Waals surface area contributed by atoms with Gasteiger partial charge >= 0.3 is 5.97 Å². The molecule has 0 spiro atoms. The number of anilines is 3. The summed E-state index contributed by atoms with van der Waals surface area (Å²) in [5.74, 6) is -1.54. The van der Waals surface area contributed by atoms with Gasteiger partial charge in [-0.15, -0.1) is 0 Å². The lowest BCUT2D eigenvalue weighted by molar-refractivity contribution is -0.134. The van der Waals surface area contributed by atoms with Gasteiger partial charge in [0.15, 0.2) is 5.58 Å². The Balaban J connectivity index is 1.24. The summed E-state index contributed by atoms with van der Waals surface area (Å²) in [5, 5.41) is 15.0. The van der Waals surface area contributed by atoms with E-state index in [0.29, 0.717) is 29.3 Å². The number of likely N-dealkylation sites (tertiary alicyclic amines) is 1. The maximum absolute atomic E-state index is 13.4. The van der Waals surface area contributed by atoms with E-state index in [4.69, 9.17) is 9.52 Å². The van der Waals surface area contributed by atoms with Gasteiger partial charge in [0.25, 0.3) is 6.01 Å². The fourth-order valence-corrected chi connectivity index (χ4v) is 4.92. The van der Waals surface area contributed by atoms with Crippen molar-refractivity contribution < 1.29 is 23.9 Å². The average Bonchev–Trinajstić information content (AvgIpc) is 3.62. The maximum Gasteiger partial charge on any atom is 0.335 e. The average molecular weight is 556 g/mol. The first kappa shape index (κ1) is 27.9. The van der Waals surface area contributed by atoms with Crippen molar-refractivity contribution in [3.05, 3.63) is 83.9 Å². The first-order valence-corrected chi connectivity index (χ1v) is 13.8. The number of carbonyl (C=O) groups is 3. The van der Waals surface area contributed by atoms with E-state index in [1.165, 1.54) is 37.1 Å². The molecule has 0 bridgehead atoms. The van der Waals surface area contributed by atoms with Crippen molar-refractivity contribution in [2.45, 2.75) is 25.7 Å². The normalized spacial score (nSPS) is 13.3. The summed E-state index contributed by atoms with van der Waals surface area (Å²) in [4.78, 5) is 45.9. The number of hydrogen-bond donors (Lipinski definition) is 3. The molecule has 1 fully saturated rings. The molecule has 4 aromatic rings. The molecule has 1 aliphatic heterocycles. The highest BCUT2D eigenvalue weighted by Crippen LogP contribution is 2.23. The predicted octanol–water partition coefficient (Wildman–Crippen LogP) is 4.77. The van der Waals surface area contributed by atoms with E-state index in [0.717, 1.165) is 37.3 Å². The third-order valence-corrected chi connectivity index (χ3v) is 7.04. The molecule has 1 aromatic heterocycles. The molecule has 0 unspecified atom stereocenters. The Kier molecular flexibility index (Phi) is 8.90. The lowest BCUT2D eigenvalue weighted by atomic mass is 10.1. The van der Waals surface area contributed by atoms with Crippen LogP contribution in [0.1, 0.15) is 35.2 Å². The van der Waals surface area contributed by atoms with Crippen LogP contribution in [-0.4, -0.2) is 70.4 Å². The minimum atomic E-state index is -1.04. The Bertz CT molecular complexity index is 1500. The minimum absolute atomic E-state index is 0.102. The third-order valence-electron chi connectivity index (χ3n) is 7.04. The van der Waals surface area contributed by atoms with Gasteiger partial charge in [-0.1, -0.05) is 24.3 Å². The van der Waals surface area contributed by atoms with Gasteiger partial charge in [-0.25, -0.2) is 4.79 Å². The summed E-state index contributed by atoms with van der Waals surface area (Å²) in [6.07, 6.45) is 3.27. The topological polar surface area (TPSA) is 128 Å². The first-order chi connectivity index (χ1) is 19.9. The van der Waals surface area contributed by atoms with E-state index >= 15 is 0 Å². The highest BCUT2D eigenvalue weighted by Gasteiger charge is 2.20. The Labute approximate surface area is 238 Å². The van der Waals surface area contributed by atoms with Gasteiger partial charge in [0.05, 0.1) is 18.5 Å². The quantitative estimate of drug-likeness (QED) is 0.228. The van der Waals surface area contributed by atoms with Crippen LogP contribution in [0.2, 0.25) is 0 Å². The van der Waals surface area contributed by atoms with Crippen molar-refractivity contribution in [3.8, 4) is 0 Å². The molecule has 1 saturated heterocycles. The Morgan fingerprint density at radius 1 is 0.951 bits per heavy atom. The van der Waals surface area contributed by atoms with Crippen LogP contribution >= 0.6 is 0 Å². The number of fused-ring (bicyclic) bond motifs is 1. The number of aromatic carboxylic acids is 1. The summed E-state index contributed by atoms with van der Waals surface area (Å²) >= 11 is 0. The van der Waals surface area contributed by atoms with Crippen LogP contribution in [0.15, 0.2) is 77.2 Å². The standard InChI is InChI=1S/C31H33N5O5/c37-28(32-25-12-10-23(11-13-25)30(39)40)21-36(18-6-17-35-15-4-5-16-35)29(38)20-22-9-14-26-27(19-22)41-31(34-26)33-24-7-2-1-3-8-24/h1-3,7-14,19H,4-6,15-18,20-21H2,(H,32,37)(H,33,34)(H,39,40). The molecule has 2 amide bonds. The van der Waals surface area contributed by atoms with Crippen molar-refractivity contribution in [1.82, 2.24) is 14.8 Å².